The van der Waals surface area contributed by atoms with Crippen LogP contribution >= 0.6 is 23.2 Å². The molecule has 0 radical (unpaired) electrons. The molecule has 6 rings (SSSR count). The Morgan fingerprint density at radius 3 is 2.18 bits per heavy atom. The van der Waals surface area contributed by atoms with Crippen LogP contribution in [-0.2, 0) is 6.54 Å². The van der Waals surface area contributed by atoms with E-state index in [-0.39, 0.29) is 15.6 Å². The van der Waals surface area contributed by atoms with Gasteiger partial charge in [0.05, 0.1) is 59.5 Å². The zero-order valence-corrected chi connectivity index (χ0v) is 27.9. The van der Waals surface area contributed by atoms with Gasteiger partial charge in [0, 0.05) is 66.4 Å². The number of nitrogens with two attached hydrogens (primary N) is 1. The molecule has 2 aromatic carbocycles. The lowest BCUT2D eigenvalue weighted by atomic mass is 9.86. The van der Waals surface area contributed by atoms with E-state index in [9.17, 15) is 4.79 Å². The van der Waals surface area contributed by atoms with Crippen LogP contribution in [0.15, 0.2) is 41.3 Å². The normalized spacial score (nSPS) is 18.3. The van der Waals surface area contributed by atoms with Crippen LogP contribution in [0.3, 0.4) is 0 Å². The van der Waals surface area contributed by atoms with Crippen molar-refractivity contribution in [1.29, 1.82) is 0 Å². The van der Waals surface area contributed by atoms with E-state index in [4.69, 9.17) is 48.1 Å². The molecule has 2 saturated heterocycles. The topological polar surface area (TPSA) is 95.1 Å². The maximum Gasteiger partial charge on any atom is 0.259 e. The van der Waals surface area contributed by atoms with Gasteiger partial charge < -0.3 is 34.3 Å². The second-order valence-electron chi connectivity index (χ2n) is 11.9. The summed E-state index contributed by atoms with van der Waals surface area (Å²) < 4.78 is 18.5. The summed E-state index contributed by atoms with van der Waals surface area (Å²) in [6, 6.07) is 9.22. The molecular weight excluding hydrogens is 613 g/mol. The van der Waals surface area contributed by atoms with Crippen LogP contribution in [-0.4, -0.2) is 68.5 Å². The van der Waals surface area contributed by atoms with Crippen LogP contribution in [0.4, 0.5) is 11.4 Å². The fraction of sp³-hybridized carbons (Fsp3) is 0.412. The average molecular weight is 653 g/mol. The molecule has 2 aromatic heterocycles. The number of hydrogen-bond acceptors (Lipinski definition) is 8. The number of ether oxygens (including phenoxy) is 3. The number of benzene rings is 2. The zero-order valence-electron chi connectivity index (χ0n) is 26.4. The Kier molecular flexibility index (Phi) is 8.54. The van der Waals surface area contributed by atoms with Crippen molar-refractivity contribution in [2.24, 2.45) is 5.41 Å². The number of nitrogens with zero attached hydrogens (tertiary/aromatic N) is 4. The van der Waals surface area contributed by atoms with Crippen molar-refractivity contribution < 1.29 is 14.2 Å². The van der Waals surface area contributed by atoms with Crippen LogP contribution in [0, 0.1) is 5.41 Å². The standard InChI is InChI=1S/C34H39Cl2N5O4/c1-6-39-10-8-34(18-39)9-11-40(19-34)26-15-27(43-3)21(13-23(26)37)24-14-25-20(17-38-24)12-22(33(42)41(25)7-2)30-31(35)28(44-4)16-29(45-5)32(30)36/h12-17H,6-11,18-19,37H2,1-5H3. The van der Waals surface area contributed by atoms with Crippen LogP contribution in [0.2, 0.25) is 10.0 Å². The summed E-state index contributed by atoms with van der Waals surface area (Å²) in [5.74, 6) is 1.39. The van der Waals surface area contributed by atoms with Crippen molar-refractivity contribution in [3.63, 3.8) is 0 Å². The summed E-state index contributed by atoms with van der Waals surface area (Å²) in [4.78, 5) is 23.7. The molecule has 1 atom stereocenters. The highest BCUT2D eigenvalue weighted by Crippen LogP contribution is 2.47. The minimum Gasteiger partial charge on any atom is -0.496 e. The highest BCUT2D eigenvalue weighted by Gasteiger charge is 2.43. The van der Waals surface area contributed by atoms with Gasteiger partial charge >= 0.3 is 0 Å². The molecule has 2 aliphatic rings. The highest BCUT2D eigenvalue weighted by atomic mass is 35.5. The molecule has 2 aliphatic heterocycles. The first-order valence-electron chi connectivity index (χ1n) is 15.3. The van der Waals surface area contributed by atoms with Crippen LogP contribution < -0.4 is 30.4 Å². The first kappa shape index (κ1) is 31.3. The van der Waals surface area contributed by atoms with Crippen molar-refractivity contribution in [2.75, 3.05) is 64.7 Å². The van der Waals surface area contributed by atoms with Crippen molar-refractivity contribution in [2.45, 2.75) is 33.2 Å². The first-order valence-corrected chi connectivity index (χ1v) is 16.0. The lowest BCUT2D eigenvalue weighted by Gasteiger charge is -2.27. The lowest BCUT2D eigenvalue weighted by Crippen LogP contribution is -2.31. The minimum absolute atomic E-state index is 0.229. The van der Waals surface area contributed by atoms with E-state index >= 15 is 0 Å². The van der Waals surface area contributed by atoms with Gasteiger partial charge in [0.25, 0.3) is 5.56 Å². The quantitative estimate of drug-likeness (QED) is 0.213. The van der Waals surface area contributed by atoms with Crippen LogP contribution in [0.25, 0.3) is 33.3 Å². The molecule has 2 fully saturated rings. The maximum absolute atomic E-state index is 14.0. The number of fused-ring (bicyclic) bond motifs is 1. The molecule has 238 valence electrons. The summed E-state index contributed by atoms with van der Waals surface area (Å²) in [7, 11) is 4.66. The number of methoxy groups -OCH3 is 3. The number of pyridine rings is 2. The van der Waals surface area contributed by atoms with Crippen molar-refractivity contribution in [3.05, 3.63) is 56.9 Å². The van der Waals surface area contributed by atoms with Crippen molar-refractivity contribution in [3.8, 4) is 39.6 Å². The Bertz CT molecular complexity index is 1820. The maximum atomic E-state index is 14.0. The molecule has 1 spiro atoms. The van der Waals surface area contributed by atoms with E-state index in [1.54, 1.807) is 30.0 Å². The molecular formula is C34H39Cl2N5O4. The summed E-state index contributed by atoms with van der Waals surface area (Å²) >= 11 is 13.4. The number of anilines is 2. The number of likely N-dealkylation sites (tertiary alicyclic amines) is 1. The molecule has 45 heavy (non-hydrogen) atoms. The number of rotatable bonds is 8. The largest absolute Gasteiger partial charge is 0.496 e. The third kappa shape index (κ3) is 5.34. The van der Waals surface area contributed by atoms with Gasteiger partial charge in [-0.25, -0.2) is 0 Å². The molecule has 0 amide bonds. The minimum atomic E-state index is -0.250. The number of aryl methyl sites for hydroxylation is 1. The second-order valence-corrected chi connectivity index (χ2v) is 12.7. The number of hydrogen-bond donors (Lipinski definition) is 1. The SMILES string of the molecule is CCN1CCC2(CCN(c3cc(OC)c(-c4cc5c(cn4)cc(-c4c(Cl)c(OC)cc(OC)c4Cl)c(=O)n5CC)cc3N)C2)C1. The number of aromatic nitrogens is 2. The molecule has 0 aliphatic carbocycles. The van der Waals surface area contributed by atoms with Crippen LogP contribution in [0.1, 0.15) is 26.7 Å². The van der Waals surface area contributed by atoms with Gasteiger partial charge in [-0.1, -0.05) is 30.1 Å². The summed E-state index contributed by atoms with van der Waals surface area (Å²) in [6.45, 7) is 9.91. The predicted octanol–water partition coefficient (Wildman–Crippen LogP) is 6.59. The van der Waals surface area contributed by atoms with Crippen molar-refractivity contribution in [1.82, 2.24) is 14.5 Å². The summed E-state index contributed by atoms with van der Waals surface area (Å²) in [6.07, 6.45) is 4.12. The molecule has 11 heteroatoms. The Balaban J connectivity index is 1.41. The lowest BCUT2D eigenvalue weighted by molar-refractivity contribution is 0.286. The Morgan fingerprint density at radius 1 is 0.867 bits per heavy atom. The Hall–Kier alpha value is -3.66. The van der Waals surface area contributed by atoms with Gasteiger partial charge in [0.15, 0.2) is 0 Å². The molecule has 4 heterocycles. The molecule has 1 unspecified atom stereocenters. The summed E-state index contributed by atoms with van der Waals surface area (Å²) in [5, 5.41) is 1.20. The summed E-state index contributed by atoms with van der Waals surface area (Å²) in [5.41, 5.74) is 11.2. The zero-order chi connectivity index (χ0) is 32.0. The third-order valence-corrected chi connectivity index (χ3v) is 10.3. The van der Waals surface area contributed by atoms with Gasteiger partial charge in [-0.15, -0.1) is 0 Å². The number of halogens is 2. The van der Waals surface area contributed by atoms with Gasteiger partial charge in [0.2, 0.25) is 0 Å². The van der Waals surface area contributed by atoms with E-state index in [0.717, 1.165) is 55.8 Å². The van der Waals surface area contributed by atoms with E-state index in [1.807, 2.05) is 25.1 Å². The third-order valence-electron chi connectivity index (χ3n) is 9.51. The van der Waals surface area contributed by atoms with Crippen LogP contribution in [0.5, 0.6) is 17.2 Å². The number of nitrogen functional groups attached to an aromatic ring is 1. The Morgan fingerprint density at radius 2 is 1.56 bits per heavy atom. The van der Waals surface area contributed by atoms with Gasteiger partial charge in [0.1, 0.15) is 17.2 Å². The highest BCUT2D eigenvalue weighted by molar-refractivity contribution is 6.41. The van der Waals surface area contributed by atoms with E-state index < -0.39 is 0 Å². The smallest absolute Gasteiger partial charge is 0.259 e. The fourth-order valence-corrected chi connectivity index (χ4v) is 7.74. The van der Waals surface area contributed by atoms with Gasteiger partial charge in [-0.3, -0.25) is 9.78 Å². The van der Waals surface area contributed by atoms with E-state index in [0.29, 0.717) is 57.2 Å². The molecule has 4 aromatic rings. The molecule has 0 saturated carbocycles. The molecule has 2 N–H and O–H groups in total. The second kappa shape index (κ2) is 12.3. The Labute approximate surface area is 273 Å². The monoisotopic (exact) mass is 651 g/mol. The van der Waals surface area contributed by atoms with Crippen molar-refractivity contribution >= 4 is 45.5 Å². The average Bonchev–Trinajstić information content (AvgIpc) is 3.66. The van der Waals surface area contributed by atoms with E-state index in [2.05, 4.69) is 16.7 Å². The van der Waals surface area contributed by atoms with Gasteiger partial charge in [-0.05, 0) is 51.1 Å². The van der Waals surface area contributed by atoms with Gasteiger partial charge in [-0.2, -0.15) is 0 Å². The molecule has 9 nitrogen and oxygen atoms in total. The first-order chi connectivity index (χ1) is 21.7. The predicted molar refractivity (Wildman–Crippen MR) is 183 cm³/mol. The molecule has 0 bridgehead atoms. The van der Waals surface area contributed by atoms with E-state index in [1.165, 1.54) is 20.6 Å². The fourth-order valence-electron chi connectivity index (χ4n) is 7.04.